The lowest BCUT2D eigenvalue weighted by Crippen LogP contribution is -2.09. The van der Waals surface area contributed by atoms with Crippen LogP contribution in [0.4, 0.5) is 11.5 Å². The van der Waals surface area contributed by atoms with Gasteiger partial charge in [-0.15, -0.1) is 11.3 Å². The predicted octanol–water partition coefficient (Wildman–Crippen LogP) is 6.80. The maximum Gasteiger partial charge on any atom is 0.217 e. The number of nitrogens with zero attached hydrogens (tertiary/aromatic N) is 4. The summed E-state index contributed by atoms with van der Waals surface area (Å²) < 4.78 is 3.24. The molecule has 3 heterocycles. The van der Waals surface area contributed by atoms with Crippen molar-refractivity contribution >= 4 is 44.0 Å². The van der Waals surface area contributed by atoms with E-state index in [-0.39, 0.29) is 11.8 Å². The molecule has 0 spiro atoms. The van der Waals surface area contributed by atoms with Gasteiger partial charge in [-0.3, -0.25) is 0 Å². The van der Waals surface area contributed by atoms with E-state index in [1.165, 1.54) is 4.70 Å². The highest BCUT2D eigenvalue weighted by molar-refractivity contribution is 7.17. The Morgan fingerprint density at radius 2 is 1.91 bits per heavy atom. The smallest absolute Gasteiger partial charge is 0.217 e. The summed E-state index contributed by atoms with van der Waals surface area (Å²) >= 11 is 1.68. The summed E-state index contributed by atoms with van der Waals surface area (Å²) in [6.07, 6.45) is 2.64. The van der Waals surface area contributed by atoms with E-state index < -0.39 is 0 Å². The molecular weight excluding hydrogens is 430 g/mol. The van der Waals surface area contributed by atoms with Crippen molar-refractivity contribution in [2.24, 2.45) is 0 Å². The van der Waals surface area contributed by atoms with Gasteiger partial charge in [0.1, 0.15) is 17.2 Å². The average molecular weight is 454 g/mol. The first-order valence-electron chi connectivity index (χ1n) is 10.8. The number of benzene rings is 2. The summed E-state index contributed by atoms with van der Waals surface area (Å²) in [5, 5.41) is 17.0. The van der Waals surface area contributed by atoms with Gasteiger partial charge in [0.15, 0.2) is 5.82 Å². The van der Waals surface area contributed by atoms with Crippen LogP contribution in [0.1, 0.15) is 25.5 Å². The van der Waals surface area contributed by atoms with Crippen molar-refractivity contribution in [1.82, 2.24) is 14.5 Å². The van der Waals surface area contributed by atoms with Gasteiger partial charge in [-0.25, -0.2) is 14.8 Å². The van der Waals surface area contributed by atoms with Crippen molar-refractivity contribution < 1.29 is 5.11 Å². The number of phenolic OH excluding ortho intramolecular Hbond substituents is 1. The van der Waals surface area contributed by atoms with Gasteiger partial charge in [-0.05, 0) is 44.0 Å². The Kier molecular flexibility index (Phi) is 5.45. The number of anilines is 1. The monoisotopic (exact) mass is 453 g/mol. The third-order valence-electron chi connectivity index (χ3n) is 5.69. The molecule has 0 bridgehead atoms. The normalized spacial score (nSPS) is 11.3. The van der Waals surface area contributed by atoms with Crippen LogP contribution < -0.4 is 5.32 Å². The number of nitrogens with one attached hydrogen (secondary N) is 1. The molecule has 2 N–H and O–H groups in total. The van der Waals surface area contributed by atoms with Crippen molar-refractivity contribution in [1.29, 1.82) is 0 Å². The lowest BCUT2D eigenvalue weighted by atomic mass is 10.1. The summed E-state index contributed by atoms with van der Waals surface area (Å²) in [5.74, 6) is 1.59. The van der Waals surface area contributed by atoms with Crippen LogP contribution in [0.25, 0.3) is 37.4 Å². The summed E-state index contributed by atoms with van der Waals surface area (Å²) in [7, 11) is 0. The number of fused-ring (bicyclic) bond motifs is 2. The van der Waals surface area contributed by atoms with Gasteiger partial charge < -0.3 is 15.0 Å². The van der Waals surface area contributed by atoms with Crippen molar-refractivity contribution in [3.05, 3.63) is 77.1 Å². The van der Waals surface area contributed by atoms with E-state index in [4.69, 9.17) is 16.5 Å². The van der Waals surface area contributed by atoms with Gasteiger partial charge in [0, 0.05) is 39.8 Å². The van der Waals surface area contributed by atoms with Gasteiger partial charge in [0.05, 0.1) is 12.0 Å². The second kappa shape index (κ2) is 8.57. The second-order valence-corrected chi connectivity index (χ2v) is 9.12. The molecule has 0 saturated carbocycles. The molecule has 33 heavy (non-hydrogen) atoms. The predicted molar refractivity (Wildman–Crippen MR) is 135 cm³/mol. The molecule has 5 rings (SSSR count). The minimum atomic E-state index is 0.162. The molecule has 0 saturated heterocycles. The number of hydrogen-bond donors (Lipinski definition) is 2. The van der Waals surface area contributed by atoms with E-state index in [2.05, 4.69) is 41.5 Å². The zero-order chi connectivity index (χ0) is 22.9. The Labute approximate surface area is 196 Å². The lowest BCUT2D eigenvalue weighted by Gasteiger charge is -2.13. The minimum absolute atomic E-state index is 0.162. The molecule has 2 aromatic carbocycles. The third kappa shape index (κ3) is 3.90. The van der Waals surface area contributed by atoms with Crippen LogP contribution in [0, 0.1) is 6.57 Å². The fourth-order valence-corrected chi connectivity index (χ4v) is 4.93. The molecule has 3 aromatic heterocycles. The number of aromatic nitrogens is 3. The Bertz CT molecular complexity index is 1490. The zero-order valence-corrected chi connectivity index (χ0v) is 19.2. The first-order chi connectivity index (χ1) is 16.0. The van der Waals surface area contributed by atoms with Gasteiger partial charge in [0.25, 0.3) is 0 Å². The number of hydrogen-bond acceptors (Lipinski definition) is 5. The van der Waals surface area contributed by atoms with Crippen LogP contribution in [0.15, 0.2) is 60.1 Å². The highest BCUT2D eigenvalue weighted by Gasteiger charge is 2.20. The molecule has 5 aromatic rings. The van der Waals surface area contributed by atoms with Crippen molar-refractivity contribution in [3.63, 3.8) is 0 Å². The number of thiophene rings is 1. The highest BCUT2D eigenvalue weighted by Crippen LogP contribution is 2.38. The molecule has 0 aliphatic carbocycles. The quantitative estimate of drug-likeness (QED) is 0.277. The van der Waals surface area contributed by atoms with E-state index >= 15 is 0 Å². The van der Waals surface area contributed by atoms with Crippen LogP contribution in [0.5, 0.6) is 5.75 Å². The van der Waals surface area contributed by atoms with Gasteiger partial charge in [-0.2, -0.15) is 0 Å². The summed E-state index contributed by atoms with van der Waals surface area (Å²) in [4.78, 5) is 13.6. The van der Waals surface area contributed by atoms with Crippen LogP contribution in [-0.4, -0.2) is 26.2 Å². The second-order valence-electron chi connectivity index (χ2n) is 8.21. The standard InChI is InChI=1S/C26H23N5OS/c1-16(2)31-14-21(27-3)23-25(28-13-12-17-8-10-18(32)11-9-17)29-24(30-26(23)31)20-15-33-22-7-5-4-6-19(20)22/h4-11,14-16,32H,12-13H2,1-2H3,(H,28,29,30). The Hall–Kier alpha value is -3.89. The SMILES string of the molecule is [C-]#[N+]c1cn(C(C)C)c2nc(-c3csc4ccccc34)nc(NCCc3ccc(O)cc3)c12. The fourth-order valence-electron chi connectivity index (χ4n) is 3.99. The molecule has 6 nitrogen and oxygen atoms in total. The Balaban J connectivity index is 1.61. The van der Waals surface area contributed by atoms with Gasteiger partial charge in [-0.1, -0.05) is 30.3 Å². The first-order valence-corrected chi connectivity index (χ1v) is 11.7. The molecule has 0 fully saturated rings. The Morgan fingerprint density at radius 1 is 1.12 bits per heavy atom. The van der Waals surface area contributed by atoms with Gasteiger partial charge >= 0.3 is 0 Å². The van der Waals surface area contributed by atoms with Crippen LogP contribution in [0.2, 0.25) is 0 Å². The third-order valence-corrected chi connectivity index (χ3v) is 6.66. The molecule has 0 aliphatic rings. The van der Waals surface area contributed by atoms with E-state index in [9.17, 15) is 5.11 Å². The average Bonchev–Trinajstić information content (AvgIpc) is 3.42. The molecule has 0 aliphatic heterocycles. The van der Waals surface area contributed by atoms with Crippen molar-refractivity contribution in [2.45, 2.75) is 26.3 Å². The molecule has 0 atom stereocenters. The fraction of sp³-hybridized carbons (Fsp3) is 0.192. The van der Waals surface area contributed by atoms with Crippen LogP contribution in [0.3, 0.4) is 0 Å². The van der Waals surface area contributed by atoms with E-state index in [0.29, 0.717) is 23.9 Å². The number of phenols is 1. The zero-order valence-electron chi connectivity index (χ0n) is 18.4. The van der Waals surface area contributed by atoms with E-state index in [1.54, 1.807) is 23.5 Å². The summed E-state index contributed by atoms with van der Waals surface area (Å²) in [6.45, 7) is 12.5. The maximum atomic E-state index is 9.52. The molecule has 0 unspecified atom stereocenters. The molecule has 0 radical (unpaired) electrons. The van der Waals surface area contributed by atoms with Crippen LogP contribution in [-0.2, 0) is 6.42 Å². The van der Waals surface area contributed by atoms with Crippen LogP contribution >= 0.6 is 11.3 Å². The van der Waals surface area contributed by atoms with E-state index in [0.717, 1.165) is 34.0 Å². The van der Waals surface area contributed by atoms with E-state index in [1.807, 2.05) is 35.0 Å². The minimum Gasteiger partial charge on any atom is -0.508 e. The summed E-state index contributed by atoms with van der Waals surface area (Å²) in [6, 6.07) is 15.6. The molecule has 0 amide bonds. The van der Waals surface area contributed by atoms with Crippen molar-refractivity contribution in [2.75, 3.05) is 11.9 Å². The molecular formula is C26H23N5OS. The Morgan fingerprint density at radius 3 is 2.67 bits per heavy atom. The molecule has 7 heteroatoms. The number of aromatic hydroxyl groups is 1. The molecule has 164 valence electrons. The first kappa shape index (κ1) is 21.0. The van der Waals surface area contributed by atoms with Crippen molar-refractivity contribution in [3.8, 4) is 17.1 Å². The largest absolute Gasteiger partial charge is 0.508 e. The number of rotatable bonds is 6. The lowest BCUT2D eigenvalue weighted by molar-refractivity contribution is 0.475. The van der Waals surface area contributed by atoms with Gasteiger partial charge in [0.2, 0.25) is 5.69 Å². The topological polar surface area (TPSA) is 67.3 Å². The maximum absolute atomic E-state index is 9.52. The summed E-state index contributed by atoms with van der Waals surface area (Å²) in [5.41, 5.74) is 3.43. The highest BCUT2D eigenvalue weighted by atomic mass is 32.1.